The number of aromatic nitrogens is 5. The number of pyridine rings is 1. The molecule has 1 aliphatic rings. The minimum absolute atomic E-state index is 0.0801. The maximum atomic E-state index is 12.8. The van der Waals surface area contributed by atoms with E-state index in [1.165, 1.54) is 13.2 Å². The molecule has 2 amide bonds. The Morgan fingerprint density at radius 1 is 1.11 bits per heavy atom. The van der Waals surface area contributed by atoms with Gasteiger partial charge in [0.2, 0.25) is 5.91 Å². The number of amides is 2. The number of anilines is 3. The van der Waals surface area contributed by atoms with Crippen molar-refractivity contribution in [2.75, 3.05) is 24.7 Å². The molecular formula is C25H24N8O3. The van der Waals surface area contributed by atoms with E-state index in [1.807, 2.05) is 29.6 Å². The summed E-state index contributed by atoms with van der Waals surface area (Å²) in [6, 6.07) is 12.3. The molecule has 0 atom stereocenters. The molecule has 5 rings (SSSR count). The van der Waals surface area contributed by atoms with Crippen LogP contribution in [0.1, 0.15) is 27.4 Å². The van der Waals surface area contributed by atoms with Gasteiger partial charge in [-0.1, -0.05) is 6.07 Å². The number of benzene rings is 1. The number of para-hydroxylation sites is 1. The first-order chi connectivity index (χ1) is 18.7. The molecule has 0 saturated heterocycles. The van der Waals surface area contributed by atoms with Crippen LogP contribution in [-0.2, 0) is 4.79 Å². The molecule has 4 N–H and O–H groups in total. The van der Waals surface area contributed by atoms with Gasteiger partial charge in [-0.2, -0.15) is 5.10 Å². The van der Waals surface area contributed by atoms with Gasteiger partial charge in [-0.15, -0.1) is 10.2 Å². The molecule has 1 aromatic carbocycles. The van der Waals surface area contributed by atoms with Gasteiger partial charge >= 0.3 is 0 Å². The molecule has 4 aromatic rings. The first kappa shape index (κ1) is 19.5. The lowest BCUT2D eigenvalue weighted by Gasteiger charge is -2.17. The second kappa shape index (κ2) is 9.82. The topological polar surface area (TPSA) is 147 Å². The van der Waals surface area contributed by atoms with E-state index in [-0.39, 0.29) is 29.0 Å². The molecule has 1 fully saturated rings. The zero-order valence-corrected chi connectivity index (χ0v) is 19.2. The van der Waals surface area contributed by atoms with E-state index < -0.39 is 12.9 Å². The Morgan fingerprint density at radius 2 is 2.00 bits per heavy atom. The van der Waals surface area contributed by atoms with E-state index in [0.717, 1.165) is 24.1 Å². The summed E-state index contributed by atoms with van der Waals surface area (Å²) in [5.74, 6) is -0.714. The molecule has 36 heavy (non-hydrogen) atoms. The fraction of sp³-hybridized carbons (Fsp3) is 0.200. The van der Waals surface area contributed by atoms with Crippen LogP contribution in [0, 0.1) is 5.92 Å². The minimum Gasteiger partial charge on any atom is -0.494 e. The highest BCUT2D eigenvalue weighted by Crippen LogP contribution is 2.38. The van der Waals surface area contributed by atoms with Crippen molar-refractivity contribution in [2.45, 2.75) is 12.8 Å². The van der Waals surface area contributed by atoms with Crippen molar-refractivity contribution in [3.8, 4) is 28.3 Å². The highest BCUT2D eigenvalue weighted by atomic mass is 16.5. The zero-order chi connectivity index (χ0) is 27.6. The van der Waals surface area contributed by atoms with Gasteiger partial charge in [-0.3, -0.25) is 19.7 Å². The number of methoxy groups -OCH3 is 1. The number of hydrogen-bond acceptors (Lipinski definition) is 8. The van der Waals surface area contributed by atoms with Crippen LogP contribution < -0.4 is 20.7 Å². The van der Waals surface area contributed by atoms with Crippen LogP contribution >= 0.6 is 0 Å². The van der Waals surface area contributed by atoms with Gasteiger partial charge in [0.05, 0.1) is 29.9 Å². The van der Waals surface area contributed by atoms with E-state index in [9.17, 15) is 9.59 Å². The summed E-state index contributed by atoms with van der Waals surface area (Å²) in [7, 11) is 1.50. The third kappa shape index (κ3) is 4.71. The molecule has 0 spiro atoms. The van der Waals surface area contributed by atoms with Crippen molar-refractivity contribution in [3.05, 3.63) is 60.6 Å². The first-order valence-corrected chi connectivity index (χ1v) is 11.1. The number of aromatic amines is 1. The summed E-state index contributed by atoms with van der Waals surface area (Å²) in [6.07, 6.45) is 4.92. The molecule has 0 radical (unpaired) electrons. The average molecular weight is 488 g/mol. The van der Waals surface area contributed by atoms with Gasteiger partial charge in [-0.25, -0.2) is 0 Å². The fourth-order valence-corrected chi connectivity index (χ4v) is 3.71. The minimum atomic E-state index is -2.74. The highest BCUT2D eigenvalue weighted by Gasteiger charge is 2.30. The summed E-state index contributed by atoms with van der Waals surface area (Å²) in [5.41, 5.74) is 3.25. The predicted molar refractivity (Wildman–Crippen MR) is 134 cm³/mol. The predicted octanol–water partition coefficient (Wildman–Crippen LogP) is 3.39. The van der Waals surface area contributed by atoms with Crippen LogP contribution in [-0.4, -0.2) is 51.3 Å². The Labute approximate surface area is 210 Å². The van der Waals surface area contributed by atoms with Crippen molar-refractivity contribution < 1.29 is 18.4 Å². The Morgan fingerprint density at radius 3 is 2.75 bits per heavy atom. The number of carbonyl (C=O) groups is 2. The van der Waals surface area contributed by atoms with E-state index in [4.69, 9.17) is 8.85 Å². The molecule has 11 nitrogen and oxygen atoms in total. The number of nitrogens with zero attached hydrogens (tertiary/aromatic N) is 4. The van der Waals surface area contributed by atoms with Crippen LogP contribution in [0.4, 0.5) is 17.2 Å². The molecule has 1 saturated carbocycles. The third-order valence-electron chi connectivity index (χ3n) is 5.66. The molecule has 0 bridgehead atoms. The average Bonchev–Trinajstić information content (AvgIpc) is 3.61. The van der Waals surface area contributed by atoms with Crippen molar-refractivity contribution in [1.82, 2.24) is 30.7 Å². The summed E-state index contributed by atoms with van der Waals surface area (Å²) in [6.45, 7) is -2.74. The second-order valence-electron chi connectivity index (χ2n) is 8.12. The standard InChI is InChI=1S/C25H24N8O3/c1-26-25(35)22-20(13-21(32-33-22)30-24(34)14-6-7-14)29-18-5-3-4-16(23(18)36-2)19-12-15(8-10-27-19)17-9-11-28-31-17/h3-5,8-14H,6-7H2,1-2H3,(H,26,35)(H,28,31)(H2,29,30,32,34)/i1D3. The SMILES string of the molecule is [2H]C([2H])([2H])NC(=O)c1nnc(NC(=O)C2CC2)cc1Nc1cccc(-c2cc(-c3ccn[nH]3)ccn2)c1OC. The molecular weight excluding hydrogens is 460 g/mol. The lowest BCUT2D eigenvalue weighted by Crippen LogP contribution is -2.22. The summed E-state index contributed by atoms with van der Waals surface area (Å²) in [4.78, 5) is 29.5. The zero-order valence-electron chi connectivity index (χ0n) is 22.2. The number of carbonyl (C=O) groups excluding carboxylic acids is 2. The van der Waals surface area contributed by atoms with Crippen LogP contribution in [0.25, 0.3) is 22.5 Å². The molecule has 0 unspecified atom stereocenters. The fourth-order valence-electron chi connectivity index (χ4n) is 3.71. The highest BCUT2D eigenvalue weighted by molar-refractivity contribution is 6.00. The quantitative estimate of drug-likeness (QED) is 0.296. The number of nitrogens with one attached hydrogen (secondary N) is 4. The lowest BCUT2D eigenvalue weighted by atomic mass is 10.1. The number of ether oxygens (including phenoxy) is 1. The number of hydrogen-bond donors (Lipinski definition) is 4. The van der Waals surface area contributed by atoms with Gasteiger partial charge in [0.25, 0.3) is 5.91 Å². The Hall–Kier alpha value is -4.80. The second-order valence-corrected chi connectivity index (χ2v) is 8.12. The molecule has 3 heterocycles. The maximum Gasteiger partial charge on any atom is 0.273 e. The van der Waals surface area contributed by atoms with Gasteiger partial charge < -0.3 is 20.7 Å². The van der Waals surface area contributed by atoms with Gasteiger partial charge in [0.15, 0.2) is 17.3 Å². The normalized spacial score (nSPS) is 14.2. The van der Waals surface area contributed by atoms with Crippen molar-refractivity contribution in [3.63, 3.8) is 0 Å². The maximum absolute atomic E-state index is 12.8. The Balaban J connectivity index is 1.52. The van der Waals surface area contributed by atoms with Crippen LogP contribution in [0.5, 0.6) is 5.75 Å². The van der Waals surface area contributed by atoms with Gasteiger partial charge in [0, 0.05) is 46.6 Å². The summed E-state index contributed by atoms with van der Waals surface area (Å²) < 4.78 is 27.9. The van der Waals surface area contributed by atoms with E-state index >= 15 is 0 Å². The summed E-state index contributed by atoms with van der Waals surface area (Å²) in [5, 5.41) is 22.4. The molecule has 0 aliphatic heterocycles. The first-order valence-electron chi connectivity index (χ1n) is 12.6. The van der Waals surface area contributed by atoms with E-state index in [1.54, 1.807) is 24.5 Å². The summed E-state index contributed by atoms with van der Waals surface area (Å²) >= 11 is 0. The van der Waals surface area contributed by atoms with Crippen LogP contribution in [0.2, 0.25) is 0 Å². The molecule has 1 aliphatic carbocycles. The largest absolute Gasteiger partial charge is 0.494 e. The van der Waals surface area contributed by atoms with Crippen LogP contribution in [0.15, 0.2) is 54.9 Å². The van der Waals surface area contributed by atoms with Crippen molar-refractivity contribution in [1.29, 1.82) is 0 Å². The third-order valence-corrected chi connectivity index (χ3v) is 5.66. The molecule has 182 valence electrons. The Bertz CT molecular complexity index is 1520. The van der Waals surface area contributed by atoms with Gasteiger partial charge in [0.1, 0.15) is 0 Å². The number of H-pyrrole nitrogens is 1. The van der Waals surface area contributed by atoms with Crippen LogP contribution in [0.3, 0.4) is 0 Å². The smallest absolute Gasteiger partial charge is 0.273 e. The number of rotatable bonds is 8. The molecule has 3 aromatic heterocycles. The van der Waals surface area contributed by atoms with E-state index in [0.29, 0.717) is 22.7 Å². The molecule has 11 heteroatoms. The van der Waals surface area contributed by atoms with E-state index in [2.05, 4.69) is 36.0 Å². The van der Waals surface area contributed by atoms with Crippen molar-refractivity contribution >= 4 is 29.0 Å². The lowest BCUT2D eigenvalue weighted by molar-refractivity contribution is -0.117. The Kier molecular flexibility index (Phi) is 5.32. The van der Waals surface area contributed by atoms with Crippen molar-refractivity contribution in [2.24, 2.45) is 5.92 Å². The van der Waals surface area contributed by atoms with Gasteiger partial charge in [-0.05, 0) is 43.2 Å². The monoisotopic (exact) mass is 487 g/mol.